The average molecular weight is 328 g/mol. The predicted octanol–water partition coefficient (Wildman–Crippen LogP) is 1.17. The zero-order chi connectivity index (χ0) is 16.0. The molecule has 0 saturated carbocycles. The van der Waals surface area contributed by atoms with E-state index in [1.165, 1.54) is 22.5 Å². The van der Waals surface area contributed by atoms with E-state index < -0.39 is 15.8 Å². The van der Waals surface area contributed by atoms with E-state index in [4.69, 9.17) is 4.74 Å². The van der Waals surface area contributed by atoms with Gasteiger partial charge in [-0.15, -0.1) is 0 Å². The monoisotopic (exact) mass is 328 g/mol. The summed E-state index contributed by atoms with van der Waals surface area (Å²) >= 11 is 0. The molecule has 1 spiro atoms. The molecule has 0 unspecified atom stereocenters. The average Bonchev–Trinajstić information content (AvgIpc) is 2.74. The lowest BCUT2D eigenvalue weighted by molar-refractivity contribution is 0.0371. The maximum absolute atomic E-state index is 13.8. The molecule has 0 bridgehead atoms. The molecule has 7 heteroatoms. The number of nitrogens with zero attached hydrogens (tertiary/aromatic N) is 2. The molecule has 2 saturated heterocycles. The molecular weight excluding hydrogens is 307 g/mol. The number of likely N-dealkylation sites (N-methyl/N-ethyl adjacent to an activating group) is 1. The highest BCUT2D eigenvalue weighted by Gasteiger charge is 2.55. The van der Waals surface area contributed by atoms with E-state index in [9.17, 15) is 12.8 Å². The number of halogens is 1. The number of benzene rings is 1. The standard InChI is InChI=1S/C15H21FN2O3S/c1-17-8-12(9-21-2)7-15(17)10-18(11-15)22(19,20)14-6-4-3-5-13(14)16/h3-6,12H,7-11H2,1-2H3/t12-/m1/s1. The third-order valence-electron chi connectivity index (χ3n) is 4.81. The largest absolute Gasteiger partial charge is 0.384 e. The van der Waals surface area contributed by atoms with Crippen LogP contribution in [0.3, 0.4) is 0 Å². The van der Waals surface area contributed by atoms with E-state index in [0.717, 1.165) is 13.0 Å². The summed E-state index contributed by atoms with van der Waals surface area (Å²) in [6.45, 7) is 2.42. The Bertz CT molecular complexity index is 659. The molecule has 2 fully saturated rings. The molecule has 22 heavy (non-hydrogen) atoms. The Kier molecular flexibility index (Phi) is 4.01. The van der Waals surface area contributed by atoms with Crippen molar-refractivity contribution in [1.29, 1.82) is 0 Å². The first-order chi connectivity index (χ1) is 10.4. The third kappa shape index (κ3) is 2.46. The normalized spacial score (nSPS) is 25.5. The topological polar surface area (TPSA) is 49.9 Å². The van der Waals surface area contributed by atoms with Crippen LogP contribution in [-0.4, -0.2) is 63.6 Å². The molecule has 1 atom stereocenters. The lowest BCUT2D eigenvalue weighted by Crippen LogP contribution is -2.68. The first-order valence-electron chi connectivity index (χ1n) is 7.34. The molecule has 0 aliphatic carbocycles. The molecule has 0 amide bonds. The first kappa shape index (κ1) is 15.9. The van der Waals surface area contributed by atoms with Crippen molar-refractivity contribution in [2.24, 2.45) is 5.92 Å². The van der Waals surface area contributed by atoms with Crippen molar-refractivity contribution in [3.63, 3.8) is 0 Å². The summed E-state index contributed by atoms with van der Waals surface area (Å²) in [6, 6.07) is 5.54. The summed E-state index contributed by atoms with van der Waals surface area (Å²) in [7, 11) is -0.0513. The Morgan fingerprint density at radius 1 is 1.36 bits per heavy atom. The van der Waals surface area contributed by atoms with Gasteiger partial charge in [0.25, 0.3) is 0 Å². The van der Waals surface area contributed by atoms with E-state index in [-0.39, 0.29) is 10.4 Å². The van der Waals surface area contributed by atoms with Crippen molar-refractivity contribution in [3.05, 3.63) is 30.1 Å². The Morgan fingerprint density at radius 3 is 2.68 bits per heavy atom. The van der Waals surface area contributed by atoms with Gasteiger partial charge in [0, 0.05) is 32.3 Å². The zero-order valence-corrected chi connectivity index (χ0v) is 13.6. The number of ether oxygens (including phenoxy) is 1. The molecule has 2 heterocycles. The van der Waals surface area contributed by atoms with Crippen molar-refractivity contribution in [3.8, 4) is 0 Å². The van der Waals surface area contributed by atoms with Crippen LogP contribution in [0.15, 0.2) is 29.2 Å². The summed E-state index contributed by atoms with van der Waals surface area (Å²) in [4.78, 5) is 1.98. The van der Waals surface area contributed by atoms with Gasteiger partial charge in [0.05, 0.1) is 6.61 Å². The highest BCUT2D eigenvalue weighted by Crippen LogP contribution is 2.41. The van der Waals surface area contributed by atoms with Crippen LogP contribution in [0.5, 0.6) is 0 Å². The van der Waals surface area contributed by atoms with Gasteiger partial charge in [-0.1, -0.05) is 12.1 Å². The van der Waals surface area contributed by atoms with Gasteiger partial charge >= 0.3 is 0 Å². The van der Waals surface area contributed by atoms with Crippen molar-refractivity contribution in [2.75, 3.05) is 40.4 Å². The van der Waals surface area contributed by atoms with Gasteiger partial charge in [-0.05, 0) is 31.5 Å². The minimum absolute atomic E-state index is 0.123. The van der Waals surface area contributed by atoms with Crippen molar-refractivity contribution in [2.45, 2.75) is 16.9 Å². The van der Waals surface area contributed by atoms with Crippen LogP contribution >= 0.6 is 0 Å². The number of sulfonamides is 1. The van der Waals surface area contributed by atoms with Gasteiger partial charge in [-0.3, -0.25) is 4.90 Å². The second-order valence-corrected chi connectivity index (χ2v) is 8.24. The lowest BCUT2D eigenvalue weighted by Gasteiger charge is -2.50. The van der Waals surface area contributed by atoms with Crippen molar-refractivity contribution < 1.29 is 17.5 Å². The van der Waals surface area contributed by atoms with Crippen molar-refractivity contribution >= 4 is 10.0 Å². The van der Waals surface area contributed by atoms with E-state index in [0.29, 0.717) is 25.6 Å². The highest BCUT2D eigenvalue weighted by atomic mass is 32.2. The number of rotatable bonds is 4. The van der Waals surface area contributed by atoms with Crippen LogP contribution in [0.2, 0.25) is 0 Å². The summed E-state index contributed by atoms with van der Waals surface area (Å²) in [5.74, 6) is -0.270. The van der Waals surface area contributed by atoms with Gasteiger partial charge in [-0.25, -0.2) is 12.8 Å². The fourth-order valence-electron chi connectivity index (χ4n) is 3.63. The number of methoxy groups -OCH3 is 1. The summed E-state index contributed by atoms with van der Waals surface area (Å²) in [5, 5.41) is 0. The van der Waals surface area contributed by atoms with Gasteiger partial charge in [-0.2, -0.15) is 4.31 Å². The number of likely N-dealkylation sites (tertiary alicyclic amines) is 1. The molecule has 122 valence electrons. The zero-order valence-electron chi connectivity index (χ0n) is 12.8. The third-order valence-corrected chi connectivity index (χ3v) is 6.63. The fraction of sp³-hybridized carbons (Fsp3) is 0.600. The molecule has 2 aliphatic rings. The van der Waals surface area contributed by atoms with Crippen LogP contribution < -0.4 is 0 Å². The molecule has 2 aliphatic heterocycles. The Hall–Kier alpha value is -1.02. The van der Waals surface area contributed by atoms with Gasteiger partial charge in [0.1, 0.15) is 10.7 Å². The molecule has 0 N–H and O–H groups in total. The van der Waals surface area contributed by atoms with Crippen LogP contribution in [0.25, 0.3) is 0 Å². The van der Waals surface area contributed by atoms with Crippen LogP contribution in [0, 0.1) is 11.7 Å². The molecular formula is C15H21FN2O3S. The van der Waals surface area contributed by atoms with Crippen LogP contribution in [-0.2, 0) is 14.8 Å². The second-order valence-electron chi connectivity index (χ2n) is 6.33. The minimum atomic E-state index is -3.75. The smallest absolute Gasteiger partial charge is 0.246 e. The Labute approximate surface area is 130 Å². The summed E-state index contributed by atoms with van der Waals surface area (Å²) in [5.41, 5.74) is -0.123. The van der Waals surface area contributed by atoms with Crippen LogP contribution in [0.1, 0.15) is 6.42 Å². The minimum Gasteiger partial charge on any atom is -0.384 e. The quantitative estimate of drug-likeness (QED) is 0.832. The Morgan fingerprint density at radius 2 is 2.05 bits per heavy atom. The molecule has 0 radical (unpaired) electrons. The van der Waals surface area contributed by atoms with Gasteiger partial charge in [0.15, 0.2) is 0 Å². The van der Waals surface area contributed by atoms with Gasteiger partial charge < -0.3 is 4.74 Å². The molecule has 1 aromatic rings. The van der Waals surface area contributed by atoms with Gasteiger partial charge in [0.2, 0.25) is 10.0 Å². The predicted molar refractivity (Wildman–Crippen MR) is 80.5 cm³/mol. The van der Waals surface area contributed by atoms with E-state index >= 15 is 0 Å². The number of hydrogen-bond donors (Lipinski definition) is 0. The summed E-state index contributed by atoms with van der Waals surface area (Å²) in [6.07, 6.45) is 0.917. The van der Waals surface area contributed by atoms with Crippen molar-refractivity contribution in [1.82, 2.24) is 9.21 Å². The molecule has 5 nitrogen and oxygen atoms in total. The SMILES string of the molecule is COC[C@H]1CN(C)C2(C1)CN(S(=O)(=O)c1ccccc1F)C2. The molecule has 3 rings (SSSR count). The molecule has 1 aromatic carbocycles. The summed E-state index contributed by atoms with van der Waals surface area (Å²) < 4.78 is 45.4. The molecule has 0 aromatic heterocycles. The first-order valence-corrected chi connectivity index (χ1v) is 8.78. The van der Waals surface area contributed by atoms with E-state index in [2.05, 4.69) is 4.90 Å². The number of hydrogen-bond acceptors (Lipinski definition) is 4. The second kappa shape index (κ2) is 5.56. The maximum Gasteiger partial charge on any atom is 0.246 e. The Balaban J connectivity index is 1.75. The van der Waals surface area contributed by atoms with E-state index in [1.54, 1.807) is 13.2 Å². The van der Waals surface area contributed by atoms with Crippen LogP contribution in [0.4, 0.5) is 4.39 Å². The maximum atomic E-state index is 13.8. The van der Waals surface area contributed by atoms with E-state index in [1.807, 2.05) is 7.05 Å². The highest BCUT2D eigenvalue weighted by molar-refractivity contribution is 7.89. The lowest BCUT2D eigenvalue weighted by atomic mass is 9.87. The fourth-order valence-corrected chi connectivity index (χ4v) is 5.29.